The molecule has 5 nitrogen and oxygen atoms in total. The van der Waals surface area contributed by atoms with Gasteiger partial charge in [0.15, 0.2) is 0 Å². The van der Waals surface area contributed by atoms with E-state index >= 15 is 0 Å². The number of anilines is 3. The molecule has 4 N–H and O–H groups in total. The van der Waals surface area contributed by atoms with Crippen molar-refractivity contribution in [3.05, 3.63) is 54.6 Å². The van der Waals surface area contributed by atoms with E-state index in [-0.39, 0.29) is 24.4 Å². The topological polar surface area (TPSA) is 76.4 Å². The standard InChI is InChI=1S/C21H27N3O2.ClH/c1-4-26-18-14-21(22,20(18,2)3)19(25)24-17-12-10-16(11-13-17)23-15-8-6-5-7-9-15;/h5-13,18,23H,4,14,22H2,1-3H3,(H,24,25);1H. The van der Waals surface area contributed by atoms with Crippen LogP contribution in [0.4, 0.5) is 17.1 Å². The molecule has 1 aliphatic carbocycles. The number of ether oxygens (including phenoxy) is 1. The molecule has 0 aromatic heterocycles. The Balaban J connectivity index is 0.00000261. The number of rotatable bonds is 6. The van der Waals surface area contributed by atoms with E-state index in [0.29, 0.717) is 13.0 Å². The molecule has 2 atom stereocenters. The lowest BCUT2D eigenvalue weighted by Gasteiger charge is -2.57. The number of carbonyl (C=O) groups is 1. The predicted molar refractivity (Wildman–Crippen MR) is 113 cm³/mol. The first-order valence-corrected chi connectivity index (χ1v) is 9.01. The van der Waals surface area contributed by atoms with Crippen LogP contribution in [0.3, 0.4) is 0 Å². The lowest BCUT2D eigenvalue weighted by Crippen LogP contribution is -2.74. The van der Waals surface area contributed by atoms with Gasteiger partial charge in [0, 0.05) is 35.5 Å². The number of para-hydroxylation sites is 1. The Labute approximate surface area is 167 Å². The van der Waals surface area contributed by atoms with E-state index in [1.54, 1.807) is 0 Å². The van der Waals surface area contributed by atoms with E-state index in [1.807, 2.05) is 75.4 Å². The van der Waals surface area contributed by atoms with Crippen LogP contribution in [-0.4, -0.2) is 24.2 Å². The Bertz CT molecular complexity index is 765. The first-order chi connectivity index (χ1) is 12.4. The smallest absolute Gasteiger partial charge is 0.245 e. The van der Waals surface area contributed by atoms with Crippen molar-refractivity contribution >= 4 is 35.4 Å². The van der Waals surface area contributed by atoms with Gasteiger partial charge in [0.25, 0.3) is 0 Å². The van der Waals surface area contributed by atoms with Gasteiger partial charge < -0.3 is 21.1 Å². The number of nitrogens with two attached hydrogens (primary N) is 1. The fourth-order valence-corrected chi connectivity index (χ4v) is 3.39. The molecule has 1 amide bonds. The average molecular weight is 390 g/mol. The number of nitrogens with one attached hydrogen (secondary N) is 2. The highest BCUT2D eigenvalue weighted by Crippen LogP contribution is 2.50. The molecule has 1 fully saturated rings. The molecule has 0 saturated heterocycles. The Morgan fingerprint density at radius 3 is 2.19 bits per heavy atom. The van der Waals surface area contributed by atoms with E-state index in [2.05, 4.69) is 10.6 Å². The molecule has 1 aliphatic rings. The number of carbonyl (C=O) groups excluding carboxylic acids is 1. The SMILES string of the molecule is CCOC1CC(N)(C(=O)Nc2ccc(Nc3ccccc3)cc2)C1(C)C.Cl. The van der Waals surface area contributed by atoms with Gasteiger partial charge in [0.05, 0.1) is 6.10 Å². The van der Waals surface area contributed by atoms with Crippen LogP contribution >= 0.6 is 12.4 Å². The summed E-state index contributed by atoms with van der Waals surface area (Å²) in [7, 11) is 0. The summed E-state index contributed by atoms with van der Waals surface area (Å²) in [6.45, 7) is 6.56. The molecule has 0 heterocycles. The fourth-order valence-electron chi connectivity index (χ4n) is 3.39. The number of hydrogen-bond donors (Lipinski definition) is 3. The van der Waals surface area contributed by atoms with Crippen LogP contribution < -0.4 is 16.4 Å². The molecule has 146 valence electrons. The highest BCUT2D eigenvalue weighted by Gasteiger charge is 2.62. The summed E-state index contributed by atoms with van der Waals surface area (Å²) in [6.07, 6.45) is 0.550. The summed E-state index contributed by atoms with van der Waals surface area (Å²) >= 11 is 0. The zero-order chi connectivity index (χ0) is 18.8. The highest BCUT2D eigenvalue weighted by molar-refractivity contribution is 5.99. The van der Waals surface area contributed by atoms with Gasteiger partial charge in [-0.25, -0.2) is 0 Å². The lowest BCUT2D eigenvalue weighted by molar-refractivity contribution is -0.166. The van der Waals surface area contributed by atoms with Gasteiger partial charge in [-0.3, -0.25) is 4.79 Å². The van der Waals surface area contributed by atoms with Crippen molar-refractivity contribution in [1.29, 1.82) is 0 Å². The van der Waals surface area contributed by atoms with Gasteiger partial charge in [0.2, 0.25) is 5.91 Å². The second-order valence-electron chi connectivity index (χ2n) is 7.36. The molecular formula is C21H28ClN3O2. The number of benzene rings is 2. The van der Waals surface area contributed by atoms with Gasteiger partial charge in [-0.15, -0.1) is 12.4 Å². The average Bonchev–Trinajstić information content (AvgIpc) is 2.64. The van der Waals surface area contributed by atoms with Gasteiger partial charge >= 0.3 is 0 Å². The van der Waals surface area contributed by atoms with E-state index in [1.165, 1.54) is 0 Å². The number of hydrogen-bond acceptors (Lipinski definition) is 4. The quantitative estimate of drug-likeness (QED) is 0.687. The zero-order valence-electron chi connectivity index (χ0n) is 16.0. The van der Waals surface area contributed by atoms with E-state index < -0.39 is 11.0 Å². The summed E-state index contributed by atoms with van der Waals surface area (Å²) < 4.78 is 5.69. The minimum absolute atomic E-state index is 0. The van der Waals surface area contributed by atoms with Crippen LogP contribution in [0.25, 0.3) is 0 Å². The summed E-state index contributed by atoms with van der Waals surface area (Å²) in [6, 6.07) is 17.5. The number of amides is 1. The molecule has 27 heavy (non-hydrogen) atoms. The number of halogens is 1. The normalized spacial score (nSPS) is 22.9. The van der Waals surface area contributed by atoms with Crippen molar-refractivity contribution in [2.24, 2.45) is 11.1 Å². The zero-order valence-corrected chi connectivity index (χ0v) is 16.8. The van der Waals surface area contributed by atoms with Crippen molar-refractivity contribution in [1.82, 2.24) is 0 Å². The summed E-state index contributed by atoms with van der Waals surface area (Å²) in [5, 5.41) is 6.26. The van der Waals surface area contributed by atoms with Crippen molar-refractivity contribution in [2.75, 3.05) is 17.2 Å². The van der Waals surface area contributed by atoms with Crippen molar-refractivity contribution in [2.45, 2.75) is 38.8 Å². The Hall–Kier alpha value is -2.08. The third kappa shape index (κ3) is 4.10. The molecule has 0 radical (unpaired) electrons. The van der Waals surface area contributed by atoms with Crippen LogP contribution in [0.2, 0.25) is 0 Å². The molecule has 0 bridgehead atoms. The van der Waals surface area contributed by atoms with Crippen molar-refractivity contribution in [3.63, 3.8) is 0 Å². The first-order valence-electron chi connectivity index (χ1n) is 9.01. The molecule has 3 rings (SSSR count). The monoisotopic (exact) mass is 389 g/mol. The Kier molecular flexibility index (Phi) is 6.52. The third-order valence-electron chi connectivity index (χ3n) is 5.44. The van der Waals surface area contributed by atoms with Crippen LogP contribution in [0.15, 0.2) is 54.6 Å². The van der Waals surface area contributed by atoms with Gasteiger partial charge in [-0.2, -0.15) is 0 Å². The molecule has 2 aromatic rings. The van der Waals surface area contributed by atoms with Crippen LogP contribution in [0.5, 0.6) is 0 Å². The van der Waals surface area contributed by atoms with Crippen LogP contribution in [-0.2, 0) is 9.53 Å². The van der Waals surface area contributed by atoms with E-state index in [4.69, 9.17) is 10.5 Å². The third-order valence-corrected chi connectivity index (χ3v) is 5.44. The van der Waals surface area contributed by atoms with E-state index in [0.717, 1.165) is 17.1 Å². The Morgan fingerprint density at radius 2 is 1.63 bits per heavy atom. The molecule has 2 aromatic carbocycles. The van der Waals surface area contributed by atoms with Gasteiger partial charge in [0.1, 0.15) is 5.54 Å². The van der Waals surface area contributed by atoms with Crippen LogP contribution in [0, 0.1) is 5.41 Å². The minimum atomic E-state index is -0.923. The highest BCUT2D eigenvalue weighted by atomic mass is 35.5. The summed E-state index contributed by atoms with van der Waals surface area (Å²) in [5.41, 5.74) is 7.80. The lowest BCUT2D eigenvalue weighted by atomic mass is 9.54. The van der Waals surface area contributed by atoms with Crippen molar-refractivity contribution < 1.29 is 9.53 Å². The first kappa shape index (κ1) is 21.2. The van der Waals surface area contributed by atoms with Crippen LogP contribution in [0.1, 0.15) is 27.2 Å². The largest absolute Gasteiger partial charge is 0.378 e. The maximum Gasteiger partial charge on any atom is 0.245 e. The Morgan fingerprint density at radius 1 is 1.07 bits per heavy atom. The predicted octanol–water partition coefficient (Wildman–Crippen LogP) is 4.32. The minimum Gasteiger partial charge on any atom is -0.378 e. The summed E-state index contributed by atoms with van der Waals surface area (Å²) in [4.78, 5) is 12.8. The fraction of sp³-hybridized carbons (Fsp3) is 0.381. The maximum absolute atomic E-state index is 12.8. The van der Waals surface area contributed by atoms with Crippen molar-refractivity contribution in [3.8, 4) is 0 Å². The molecule has 0 aliphatic heterocycles. The molecule has 0 spiro atoms. The molecule has 1 saturated carbocycles. The molecular weight excluding hydrogens is 362 g/mol. The molecule has 2 unspecified atom stereocenters. The second-order valence-corrected chi connectivity index (χ2v) is 7.36. The van der Waals surface area contributed by atoms with Gasteiger partial charge in [-0.1, -0.05) is 32.0 Å². The van der Waals surface area contributed by atoms with E-state index in [9.17, 15) is 4.79 Å². The second kappa shape index (κ2) is 8.30. The summed E-state index contributed by atoms with van der Waals surface area (Å²) in [5.74, 6) is -0.165. The molecule has 6 heteroatoms. The van der Waals surface area contributed by atoms with Gasteiger partial charge in [-0.05, 0) is 43.3 Å². The maximum atomic E-state index is 12.8.